The van der Waals surface area contributed by atoms with Gasteiger partial charge >= 0.3 is 0 Å². The van der Waals surface area contributed by atoms with E-state index in [0.717, 1.165) is 6.42 Å². The molecule has 1 aromatic heterocycles. The number of rotatable bonds is 6. The van der Waals surface area contributed by atoms with E-state index < -0.39 is 0 Å². The SMILES string of the molecule is CCCCC[C@@H](C)NC(=O)c1ccoc1C. The molecule has 16 heavy (non-hydrogen) atoms. The molecular formula is C13H21NO2. The number of unbranched alkanes of at least 4 members (excludes halogenated alkanes) is 2. The van der Waals surface area contributed by atoms with Crippen molar-refractivity contribution in [2.45, 2.75) is 52.5 Å². The highest BCUT2D eigenvalue weighted by Gasteiger charge is 2.13. The van der Waals surface area contributed by atoms with Crippen molar-refractivity contribution in [3.05, 3.63) is 23.7 Å². The summed E-state index contributed by atoms with van der Waals surface area (Å²) in [6.45, 7) is 6.03. The second-order valence-corrected chi connectivity index (χ2v) is 4.26. The van der Waals surface area contributed by atoms with Crippen LogP contribution in [0.25, 0.3) is 0 Å². The zero-order valence-electron chi connectivity index (χ0n) is 10.4. The van der Waals surface area contributed by atoms with Crippen molar-refractivity contribution >= 4 is 5.91 Å². The van der Waals surface area contributed by atoms with Crippen molar-refractivity contribution in [3.63, 3.8) is 0 Å². The van der Waals surface area contributed by atoms with Gasteiger partial charge in [-0.05, 0) is 26.3 Å². The Bertz CT molecular complexity index is 330. The molecule has 0 aliphatic rings. The molecule has 90 valence electrons. The van der Waals surface area contributed by atoms with Crippen molar-refractivity contribution in [1.82, 2.24) is 5.32 Å². The lowest BCUT2D eigenvalue weighted by Crippen LogP contribution is -2.32. The average molecular weight is 223 g/mol. The first kappa shape index (κ1) is 12.8. The molecule has 3 nitrogen and oxygen atoms in total. The van der Waals surface area contributed by atoms with Gasteiger partial charge in [-0.15, -0.1) is 0 Å². The molecule has 0 unspecified atom stereocenters. The first-order valence-corrected chi connectivity index (χ1v) is 6.00. The van der Waals surface area contributed by atoms with Crippen molar-refractivity contribution in [1.29, 1.82) is 0 Å². The summed E-state index contributed by atoms with van der Waals surface area (Å²) in [5, 5.41) is 2.98. The van der Waals surface area contributed by atoms with E-state index in [-0.39, 0.29) is 11.9 Å². The molecule has 1 atom stereocenters. The molecule has 0 fully saturated rings. The van der Waals surface area contributed by atoms with E-state index in [2.05, 4.69) is 12.2 Å². The zero-order chi connectivity index (χ0) is 12.0. The molecule has 3 heteroatoms. The van der Waals surface area contributed by atoms with Crippen LogP contribution in [0, 0.1) is 6.92 Å². The second kappa shape index (κ2) is 6.36. The maximum Gasteiger partial charge on any atom is 0.255 e. The number of furan rings is 1. The number of carbonyl (C=O) groups excluding carboxylic acids is 1. The minimum Gasteiger partial charge on any atom is -0.469 e. The number of amides is 1. The standard InChI is InChI=1S/C13H21NO2/c1-4-5-6-7-10(2)14-13(15)12-8-9-16-11(12)3/h8-10H,4-7H2,1-3H3,(H,14,15)/t10-/m1/s1. The van der Waals surface area contributed by atoms with Gasteiger partial charge in [0, 0.05) is 6.04 Å². The molecule has 1 heterocycles. The Morgan fingerprint density at radius 2 is 2.25 bits per heavy atom. The number of hydrogen-bond acceptors (Lipinski definition) is 2. The molecule has 1 amide bonds. The number of carbonyl (C=O) groups is 1. The minimum atomic E-state index is -0.0322. The van der Waals surface area contributed by atoms with Gasteiger partial charge in [-0.1, -0.05) is 26.2 Å². The van der Waals surface area contributed by atoms with E-state index in [4.69, 9.17) is 4.42 Å². The molecule has 0 radical (unpaired) electrons. The van der Waals surface area contributed by atoms with E-state index in [1.165, 1.54) is 19.3 Å². The van der Waals surface area contributed by atoms with Gasteiger partial charge in [0.2, 0.25) is 0 Å². The average Bonchev–Trinajstić information content (AvgIpc) is 2.65. The van der Waals surface area contributed by atoms with E-state index in [9.17, 15) is 4.79 Å². The van der Waals surface area contributed by atoms with Gasteiger partial charge in [0.25, 0.3) is 5.91 Å². The van der Waals surface area contributed by atoms with Gasteiger partial charge in [-0.2, -0.15) is 0 Å². The van der Waals surface area contributed by atoms with E-state index in [1.807, 2.05) is 6.92 Å². The van der Waals surface area contributed by atoms with Crippen LogP contribution in [0.2, 0.25) is 0 Å². The molecule has 0 saturated heterocycles. The van der Waals surface area contributed by atoms with Crippen molar-refractivity contribution in [2.24, 2.45) is 0 Å². The van der Waals surface area contributed by atoms with E-state index >= 15 is 0 Å². The van der Waals surface area contributed by atoms with Crippen molar-refractivity contribution in [2.75, 3.05) is 0 Å². The predicted molar refractivity (Wildman–Crippen MR) is 64.5 cm³/mol. The largest absolute Gasteiger partial charge is 0.469 e. The zero-order valence-corrected chi connectivity index (χ0v) is 10.4. The van der Waals surface area contributed by atoms with E-state index in [1.54, 1.807) is 19.3 Å². The van der Waals surface area contributed by atoms with Gasteiger partial charge in [-0.3, -0.25) is 4.79 Å². The third-order valence-electron chi connectivity index (χ3n) is 2.72. The Kier molecular flexibility index (Phi) is 5.09. The molecular weight excluding hydrogens is 202 g/mol. The summed E-state index contributed by atoms with van der Waals surface area (Å²) in [5.74, 6) is 0.647. The van der Waals surface area contributed by atoms with Crippen LogP contribution in [-0.2, 0) is 0 Å². The Morgan fingerprint density at radius 3 is 2.81 bits per heavy atom. The van der Waals surface area contributed by atoms with Crippen LogP contribution in [0.1, 0.15) is 55.6 Å². The fourth-order valence-corrected chi connectivity index (χ4v) is 1.69. The lowest BCUT2D eigenvalue weighted by molar-refractivity contribution is 0.0936. The fraction of sp³-hybridized carbons (Fsp3) is 0.615. The lowest BCUT2D eigenvalue weighted by Gasteiger charge is -2.13. The summed E-state index contributed by atoms with van der Waals surface area (Å²) < 4.78 is 5.10. The maximum atomic E-state index is 11.8. The highest BCUT2D eigenvalue weighted by Crippen LogP contribution is 2.09. The molecule has 0 spiro atoms. The quantitative estimate of drug-likeness (QED) is 0.752. The summed E-state index contributed by atoms with van der Waals surface area (Å²) in [6, 6.07) is 1.94. The third-order valence-corrected chi connectivity index (χ3v) is 2.72. The molecule has 1 N–H and O–H groups in total. The molecule has 0 aromatic carbocycles. The van der Waals surface area contributed by atoms with E-state index in [0.29, 0.717) is 11.3 Å². The summed E-state index contributed by atoms with van der Waals surface area (Å²) in [4.78, 5) is 11.8. The first-order valence-electron chi connectivity index (χ1n) is 6.00. The first-order chi connectivity index (χ1) is 7.65. The molecule has 0 aliphatic carbocycles. The second-order valence-electron chi connectivity index (χ2n) is 4.26. The van der Waals surface area contributed by atoms with Crippen molar-refractivity contribution in [3.8, 4) is 0 Å². The number of nitrogens with one attached hydrogen (secondary N) is 1. The summed E-state index contributed by atoms with van der Waals surface area (Å²) in [6.07, 6.45) is 6.19. The Hall–Kier alpha value is -1.25. The molecule has 1 rings (SSSR count). The van der Waals surface area contributed by atoms with Crippen LogP contribution in [0.15, 0.2) is 16.7 Å². The van der Waals surface area contributed by atoms with Gasteiger partial charge < -0.3 is 9.73 Å². The molecule has 0 bridgehead atoms. The topological polar surface area (TPSA) is 42.2 Å². The van der Waals surface area contributed by atoms with Crippen LogP contribution in [0.3, 0.4) is 0 Å². The molecule has 0 aliphatic heterocycles. The fourth-order valence-electron chi connectivity index (χ4n) is 1.69. The molecule has 0 saturated carbocycles. The van der Waals surface area contributed by atoms with Crippen LogP contribution >= 0.6 is 0 Å². The van der Waals surface area contributed by atoms with Crippen molar-refractivity contribution < 1.29 is 9.21 Å². The molecule has 1 aromatic rings. The van der Waals surface area contributed by atoms with Crippen LogP contribution in [0.4, 0.5) is 0 Å². The minimum absolute atomic E-state index is 0.0322. The van der Waals surface area contributed by atoms with Gasteiger partial charge in [0.1, 0.15) is 5.76 Å². The number of aryl methyl sites for hydroxylation is 1. The Labute approximate surface area is 97.2 Å². The van der Waals surface area contributed by atoms with Crippen LogP contribution in [0.5, 0.6) is 0 Å². The van der Waals surface area contributed by atoms with Gasteiger partial charge in [-0.25, -0.2) is 0 Å². The normalized spacial score (nSPS) is 12.4. The number of hydrogen-bond donors (Lipinski definition) is 1. The third kappa shape index (κ3) is 3.72. The summed E-state index contributed by atoms with van der Waals surface area (Å²) >= 11 is 0. The van der Waals surface area contributed by atoms with Crippen LogP contribution in [-0.4, -0.2) is 11.9 Å². The maximum absolute atomic E-state index is 11.8. The predicted octanol–water partition coefficient (Wildman–Crippen LogP) is 3.29. The monoisotopic (exact) mass is 223 g/mol. The van der Waals surface area contributed by atoms with Gasteiger partial charge in [0.15, 0.2) is 0 Å². The smallest absolute Gasteiger partial charge is 0.255 e. The highest BCUT2D eigenvalue weighted by atomic mass is 16.3. The highest BCUT2D eigenvalue weighted by molar-refractivity contribution is 5.95. The Balaban J connectivity index is 2.37. The van der Waals surface area contributed by atoms with Gasteiger partial charge in [0.05, 0.1) is 11.8 Å². The summed E-state index contributed by atoms with van der Waals surface area (Å²) in [5.41, 5.74) is 0.641. The van der Waals surface area contributed by atoms with Crippen LogP contribution < -0.4 is 5.32 Å². The lowest BCUT2D eigenvalue weighted by atomic mass is 10.1. The Morgan fingerprint density at radius 1 is 1.50 bits per heavy atom. The summed E-state index contributed by atoms with van der Waals surface area (Å²) in [7, 11) is 0.